The molecule has 2 aromatic carbocycles. The molecule has 0 aromatic heterocycles. The van der Waals surface area contributed by atoms with E-state index in [1.165, 1.54) is 6.92 Å². The Kier molecular flexibility index (Phi) is 6.05. The van der Waals surface area contributed by atoms with Gasteiger partial charge < -0.3 is 14.8 Å². The van der Waals surface area contributed by atoms with Crippen LogP contribution in [-0.2, 0) is 19.7 Å². The molecule has 2 aromatic rings. The van der Waals surface area contributed by atoms with Gasteiger partial charge in [0.2, 0.25) is 5.91 Å². The van der Waals surface area contributed by atoms with Crippen LogP contribution in [0.5, 0.6) is 5.75 Å². The number of hydrogen-bond acceptors (Lipinski definition) is 4. The van der Waals surface area contributed by atoms with Crippen molar-refractivity contribution in [2.75, 3.05) is 18.5 Å². The molecule has 1 aliphatic rings. The first-order valence-electron chi connectivity index (χ1n) is 8.54. The van der Waals surface area contributed by atoms with Crippen molar-refractivity contribution in [3.05, 3.63) is 58.1 Å². The minimum absolute atomic E-state index is 0.168. The van der Waals surface area contributed by atoms with E-state index in [1.54, 1.807) is 42.5 Å². The highest BCUT2D eigenvalue weighted by Crippen LogP contribution is 2.41. The molecule has 3 rings (SSSR count). The molecule has 1 N–H and O–H groups in total. The highest BCUT2D eigenvalue weighted by molar-refractivity contribution is 6.35. The highest BCUT2D eigenvalue weighted by Gasteiger charge is 2.44. The Hall–Kier alpha value is -2.08. The number of anilines is 1. The Morgan fingerprint density at radius 3 is 2.33 bits per heavy atom. The maximum atomic E-state index is 13.2. The zero-order valence-corrected chi connectivity index (χ0v) is 16.3. The molecule has 1 fully saturated rings. The van der Waals surface area contributed by atoms with Crippen LogP contribution in [0.1, 0.15) is 25.3 Å². The summed E-state index contributed by atoms with van der Waals surface area (Å²) in [4.78, 5) is 24.3. The van der Waals surface area contributed by atoms with Crippen molar-refractivity contribution < 1.29 is 19.1 Å². The van der Waals surface area contributed by atoms with Gasteiger partial charge in [-0.2, -0.15) is 0 Å². The topological polar surface area (TPSA) is 64.6 Å². The largest absolute Gasteiger partial charge is 0.426 e. The second-order valence-corrected chi connectivity index (χ2v) is 7.26. The van der Waals surface area contributed by atoms with E-state index in [1.807, 2.05) is 0 Å². The number of carbonyl (C=O) groups is 2. The lowest BCUT2D eigenvalue weighted by atomic mass is 9.74. The monoisotopic (exact) mass is 407 g/mol. The van der Waals surface area contributed by atoms with Crippen LogP contribution in [0, 0.1) is 0 Å². The first-order valence-corrected chi connectivity index (χ1v) is 9.29. The van der Waals surface area contributed by atoms with Crippen molar-refractivity contribution in [2.24, 2.45) is 0 Å². The van der Waals surface area contributed by atoms with Crippen molar-refractivity contribution in [3.8, 4) is 5.75 Å². The fourth-order valence-corrected chi connectivity index (χ4v) is 3.78. The summed E-state index contributed by atoms with van der Waals surface area (Å²) in [6.07, 6.45) is 0.939. The van der Waals surface area contributed by atoms with Gasteiger partial charge in [-0.1, -0.05) is 29.3 Å². The fraction of sp³-hybridized carbons (Fsp3) is 0.300. The summed E-state index contributed by atoms with van der Waals surface area (Å²) < 4.78 is 11.1. The predicted molar refractivity (Wildman–Crippen MR) is 105 cm³/mol. The lowest BCUT2D eigenvalue weighted by molar-refractivity contribution is -0.145. The molecule has 1 saturated heterocycles. The van der Waals surface area contributed by atoms with E-state index in [2.05, 4.69) is 5.32 Å². The van der Waals surface area contributed by atoms with E-state index >= 15 is 0 Å². The van der Waals surface area contributed by atoms with E-state index in [0.29, 0.717) is 53.1 Å². The minimum atomic E-state index is -0.893. The molecule has 0 saturated carbocycles. The van der Waals surface area contributed by atoms with Crippen molar-refractivity contribution in [1.29, 1.82) is 0 Å². The quantitative estimate of drug-likeness (QED) is 0.593. The number of esters is 1. The number of rotatable bonds is 4. The van der Waals surface area contributed by atoms with E-state index in [-0.39, 0.29) is 11.9 Å². The molecule has 1 aliphatic heterocycles. The number of nitrogens with one attached hydrogen (secondary N) is 1. The fourth-order valence-electron chi connectivity index (χ4n) is 3.20. The molecular weight excluding hydrogens is 389 g/mol. The van der Waals surface area contributed by atoms with Gasteiger partial charge in [-0.3, -0.25) is 9.59 Å². The van der Waals surface area contributed by atoms with Crippen molar-refractivity contribution in [2.45, 2.75) is 25.2 Å². The van der Waals surface area contributed by atoms with E-state index in [4.69, 9.17) is 32.7 Å². The van der Waals surface area contributed by atoms with E-state index in [9.17, 15) is 9.59 Å². The number of hydrogen-bond donors (Lipinski definition) is 1. The van der Waals surface area contributed by atoms with Gasteiger partial charge in [0.05, 0.1) is 5.41 Å². The smallest absolute Gasteiger partial charge is 0.322 e. The molecule has 142 valence electrons. The summed E-state index contributed by atoms with van der Waals surface area (Å²) in [5, 5.41) is 3.61. The minimum Gasteiger partial charge on any atom is -0.426 e. The molecule has 0 radical (unpaired) electrons. The Labute approximate surface area is 167 Å². The lowest BCUT2D eigenvalue weighted by Crippen LogP contribution is -2.44. The molecule has 0 unspecified atom stereocenters. The van der Waals surface area contributed by atoms with Crippen LogP contribution in [0.3, 0.4) is 0 Å². The molecule has 0 atom stereocenters. The van der Waals surface area contributed by atoms with Crippen molar-refractivity contribution in [1.82, 2.24) is 0 Å². The summed E-state index contributed by atoms with van der Waals surface area (Å²) >= 11 is 12.4. The number of halogens is 2. The van der Waals surface area contributed by atoms with Gasteiger partial charge in [0.1, 0.15) is 5.75 Å². The number of carbonyl (C=O) groups excluding carboxylic acids is 2. The molecule has 0 bridgehead atoms. The number of amides is 1. The van der Waals surface area contributed by atoms with Gasteiger partial charge in [0, 0.05) is 35.9 Å². The Bertz CT molecular complexity index is 846. The Morgan fingerprint density at radius 2 is 1.74 bits per heavy atom. The van der Waals surface area contributed by atoms with Gasteiger partial charge >= 0.3 is 5.97 Å². The maximum absolute atomic E-state index is 13.2. The third kappa shape index (κ3) is 4.43. The van der Waals surface area contributed by atoms with Crippen LogP contribution in [0.2, 0.25) is 10.0 Å². The van der Waals surface area contributed by atoms with Crippen LogP contribution in [-0.4, -0.2) is 25.1 Å². The van der Waals surface area contributed by atoms with Gasteiger partial charge in [0.25, 0.3) is 0 Å². The zero-order valence-electron chi connectivity index (χ0n) is 14.8. The standard InChI is InChI=1S/C20H19Cl2NO4/c1-13(24)23-15-3-5-16(6-4-15)27-19(25)20(8-10-26-11-9-20)17-7-2-14(21)12-18(17)22/h2-7,12H,8-11H2,1H3,(H,23,24). The third-order valence-electron chi connectivity index (χ3n) is 4.57. The SMILES string of the molecule is CC(=O)Nc1ccc(OC(=O)C2(c3ccc(Cl)cc3Cl)CCOCC2)cc1. The Morgan fingerprint density at radius 1 is 1.07 bits per heavy atom. The average Bonchev–Trinajstić information content (AvgIpc) is 2.63. The van der Waals surface area contributed by atoms with Crippen LogP contribution in [0.15, 0.2) is 42.5 Å². The highest BCUT2D eigenvalue weighted by atomic mass is 35.5. The first kappa shape index (κ1) is 19.7. The van der Waals surface area contributed by atoms with Gasteiger partial charge in [-0.25, -0.2) is 0 Å². The summed E-state index contributed by atoms with van der Waals surface area (Å²) in [5.41, 5.74) is 0.427. The first-order chi connectivity index (χ1) is 12.9. The molecule has 0 aliphatic carbocycles. The normalized spacial score (nSPS) is 15.8. The number of ether oxygens (including phenoxy) is 2. The van der Waals surface area contributed by atoms with Crippen LogP contribution >= 0.6 is 23.2 Å². The summed E-state index contributed by atoms with van der Waals surface area (Å²) in [6, 6.07) is 11.8. The summed E-state index contributed by atoms with van der Waals surface area (Å²) in [5.74, 6) is -0.161. The Balaban J connectivity index is 1.87. The number of benzene rings is 2. The molecule has 1 heterocycles. The molecule has 27 heavy (non-hydrogen) atoms. The van der Waals surface area contributed by atoms with E-state index in [0.717, 1.165) is 0 Å². The summed E-state index contributed by atoms with van der Waals surface area (Å²) in [7, 11) is 0. The van der Waals surface area contributed by atoms with Gasteiger partial charge in [-0.15, -0.1) is 0 Å². The summed E-state index contributed by atoms with van der Waals surface area (Å²) in [6.45, 7) is 2.31. The van der Waals surface area contributed by atoms with Gasteiger partial charge in [0.15, 0.2) is 0 Å². The molecular formula is C20H19Cl2NO4. The molecule has 7 heteroatoms. The van der Waals surface area contributed by atoms with Crippen LogP contribution in [0.4, 0.5) is 5.69 Å². The maximum Gasteiger partial charge on any atom is 0.322 e. The second-order valence-electron chi connectivity index (χ2n) is 6.41. The zero-order chi connectivity index (χ0) is 19.4. The third-order valence-corrected chi connectivity index (χ3v) is 5.12. The van der Waals surface area contributed by atoms with Crippen LogP contribution in [0.25, 0.3) is 0 Å². The lowest BCUT2D eigenvalue weighted by Gasteiger charge is -2.35. The van der Waals surface area contributed by atoms with Crippen molar-refractivity contribution >= 4 is 40.8 Å². The average molecular weight is 408 g/mol. The second kappa shape index (κ2) is 8.30. The molecule has 5 nitrogen and oxygen atoms in total. The molecule has 1 amide bonds. The van der Waals surface area contributed by atoms with Crippen molar-refractivity contribution in [3.63, 3.8) is 0 Å². The van der Waals surface area contributed by atoms with Gasteiger partial charge in [-0.05, 0) is 54.8 Å². The predicted octanol–water partition coefficient (Wildman–Crippen LogP) is 4.61. The van der Waals surface area contributed by atoms with Crippen LogP contribution < -0.4 is 10.1 Å². The van der Waals surface area contributed by atoms with E-state index < -0.39 is 5.41 Å². The molecule has 0 spiro atoms.